The van der Waals surface area contributed by atoms with E-state index in [2.05, 4.69) is 15.3 Å². The molecular weight excluding hydrogens is 198 g/mol. The van der Waals surface area contributed by atoms with Gasteiger partial charge in [0.15, 0.2) is 0 Å². The summed E-state index contributed by atoms with van der Waals surface area (Å²) in [7, 11) is 0. The highest BCUT2D eigenvalue weighted by Crippen LogP contribution is 2.15. The van der Waals surface area contributed by atoms with Crippen LogP contribution in [0, 0.1) is 5.41 Å². The highest BCUT2D eigenvalue weighted by Gasteiger charge is 2.26. The standard InChI is InChI=1S/C9H13N3O3/c1-9(2,8(14)15)4-10-6-3-7(13)12-5-11-6/h3,5H,4H2,1-2H3,(H,14,15)(H2,10,11,12,13). The third-order valence-corrected chi connectivity index (χ3v) is 1.97. The molecule has 3 N–H and O–H groups in total. The Bertz CT molecular complexity index is 411. The lowest BCUT2D eigenvalue weighted by Gasteiger charge is -2.19. The highest BCUT2D eigenvalue weighted by molar-refractivity contribution is 5.74. The fraction of sp³-hybridized carbons (Fsp3) is 0.444. The van der Waals surface area contributed by atoms with Crippen molar-refractivity contribution in [1.82, 2.24) is 9.97 Å². The normalized spacial score (nSPS) is 11.1. The Morgan fingerprint density at radius 1 is 1.67 bits per heavy atom. The van der Waals surface area contributed by atoms with Crippen LogP contribution in [0.2, 0.25) is 0 Å². The smallest absolute Gasteiger partial charge is 0.310 e. The summed E-state index contributed by atoms with van der Waals surface area (Å²) in [6, 6.07) is 1.28. The van der Waals surface area contributed by atoms with Gasteiger partial charge in [-0.25, -0.2) is 4.98 Å². The van der Waals surface area contributed by atoms with Crippen LogP contribution in [-0.2, 0) is 4.79 Å². The lowest BCUT2D eigenvalue weighted by molar-refractivity contribution is -0.146. The summed E-state index contributed by atoms with van der Waals surface area (Å²) in [5.74, 6) is -0.534. The van der Waals surface area contributed by atoms with Gasteiger partial charge in [0.1, 0.15) is 5.82 Å². The molecule has 1 rings (SSSR count). The molecule has 0 saturated heterocycles. The maximum Gasteiger partial charge on any atom is 0.310 e. The van der Waals surface area contributed by atoms with Crippen LogP contribution < -0.4 is 10.9 Å². The van der Waals surface area contributed by atoms with Crippen molar-refractivity contribution in [2.45, 2.75) is 13.8 Å². The van der Waals surface area contributed by atoms with Gasteiger partial charge in [-0.1, -0.05) is 0 Å². The number of carboxylic acids is 1. The van der Waals surface area contributed by atoms with Crippen LogP contribution in [0.5, 0.6) is 0 Å². The van der Waals surface area contributed by atoms with Gasteiger partial charge in [-0.2, -0.15) is 0 Å². The van der Waals surface area contributed by atoms with E-state index in [0.717, 1.165) is 0 Å². The van der Waals surface area contributed by atoms with Gasteiger partial charge in [0, 0.05) is 12.6 Å². The van der Waals surface area contributed by atoms with Gasteiger partial charge in [0.05, 0.1) is 11.7 Å². The minimum atomic E-state index is -0.903. The molecule has 0 aliphatic carbocycles. The number of hydrogen-bond acceptors (Lipinski definition) is 4. The first-order chi connectivity index (χ1) is 6.92. The quantitative estimate of drug-likeness (QED) is 0.665. The van der Waals surface area contributed by atoms with Gasteiger partial charge in [0.2, 0.25) is 0 Å². The number of carbonyl (C=O) groups is 1. The van der Waals surface area contributed by atoms with Crippen molar-refractivity contribution in [2.75, 3.05) is 11.9 Å². The van der Waals surface area contributed by atoms with Crippen LogP contribution in [-0.4, -0.2) is 27.6 Å². The molecule has 0 aromatic carbocycles. The molecule has 0 atom stereocenters. The number of aliphatic carboxylic acids is 1. The minimum Gasteiger partial charge on any atom is -0.481 e. The van der Waals surface area contributed by atoms with E-state index in [9.17, 15) is 9.59 Å². The zero-order chi connectivity index (χ0) is 11.5. The van der Waals surface area contributed by atoms with Crippen molar-refractivity contribution in [3.05, 3.63) is 22.7 Å². The van der Waals surface area contributed by atoms with Crippen molar-refractivity contribution in [1.29, 1.82) is 0 Å². The largest absolute Gasteiger partial charge is 0.481 e. The molecule has 1 heterocycles. The Hall–Kier alpha value is -1.85. The number of H-pyrrole nitrogens is 1. The molecule has 15 heavy (non-hydrogen) atoms. The van der Waals surface area contributed by atoms with Crippen molar-refractivity contribution >= 4 is 11.8 Å². The predicted molar refractivity (Wildman–Crippen MR) is 54.8 cm³/mol. The van der Waals surface area contributed by atoms with Crippen LogP contribution in [0.3, 0.4) is 0 Å². The Labute approximate surface area is 86.4 Å². The Morgan fingerprint density at radius 3 is 2.87 bits per heavy atom. The Kier molecular flexibility index (Phi) is 3.08. The molecule has 0 saturated carbocycles. The maximum absolute atomic E-state index is 10.9. The summed E-state index contributed by atoms with van der Waals surface area (Å²) >= 11 is 0. The van der Waals surface area contributed by atoms with Crippen molar-refractivity contribution in [2.24, 2.45) is 5.41 Å². The average molecular weight is 211 g/mol. The molecule has 0 fully saturated rings. The molecule has 1 aromatic heterocycles. The summed E-state index contributed by atoms with van der Waals surface area (Å²) in [5.41, 5.74) is -1.18. The molecule has 0 radical (unpaired) electrons. The van der Waals surface area contributed by atoms with E-state index < -0.39 is 11.4 Å². The monoisotopic (exact) mass is 211 g/mol. The number of carboxylic acid groups (broad SMARTS) is 1. The zero-order valence-corrected chi connectivity index (χ0v) is 8.57. The van der Waals surface area contributed by atoms with Gasteiger partial charge in [-0.3, -0.25) is 9.59 Å². The minimum absolute atomic E-state index is 0.207. The first-order valence-electron chi connectivity index (χ1n) is 4.44. The zero-order valence-electron chi connectivity index (χ0n) is 8.57. The number of hydrogen-bond donors (Lipinski definition) is 3. The van der Waals surface area contributed by atoms with Gasteiger partial charge in [-0.05, 0) is 13.8 Å². The summed E-state index contributed by atoms with van der Waals surface area (Å²) in [6.45, 7) is 3.39. The van der Waals surface area contributed by atoms with Crippen LogP contribution in [0.4, 0.5) is 5.82 Å². The van der Waals surface area contributed by atoms with Crippen LogP contribution >= 0.6 is 0 Å². The summed E-state index contributed by atoms with van der Waals surface area (Å²) in [6.07, 6.45) is 1.26. The second-order valence-corrected chi connectivity index (χ2v) is 3.84. The maximum atomic E-state index is 10.9. The van der Waals surface area contributed by atoms with Crippen molar-refractivity contribution < 1.29 is 9.90 Å². The van der Waals surface area contributed by atoms with Gasteiger partial charge >= 0.3 is 5.97 Å². The van der Waals surface area contributed by atoms with E-state index in [1.54, 1.807) is 13.8 Å². The molecular formula is C9H13N3O3. The molecule has 1 aromatic rings. The van der Waals surface area contributed by atoms with Crippen molar-refractivity contribution in [3.63, 3.8) is 0 Å². The predicted octanol–water partition coefficient (Wildman–Crippen LogP) is 0.293. The summed E-state index contributed by atoms with van der Waals surface area (Å²) in [4.78, 5) is 27.9. The molecule has 0 unspecified atom stereocenters. The van der Waals surface area contributed by atoms with Crippen molar-refractivity contribution in [3.8, 4) is 0 Å². The number of aromatic amines is 1. The first-order valence-corrected chi connectivity index (χ1v) is 4.44. The molecule has 0 aliphatic heterocycles. The Morgan fingerprint density at radius 2 is 2.33 bits per heavy atom. The second-order valence-electron chi connectivity index (χ2n) is 3.84. The molecule has 6 heteroatoms. The van der Waals surface area contributed by atoms with E-state index >= 15 is 0 Å². The van der Waals surface area contributed by atoms with E-state index in [-0.39, 0.29) is 12.1 Å². The van der Waals surface area contributed by atoms with E-state index in [0.29, 0.717) is 5.82 Å². The fourth-order valence-corrected chi connectivity index (χ4v) is 0.852. The van der Waals surface area contributed by atoms with Crippen LogP contribution in [0.15, 0.2) is 17.2 Å². The number of nitrogens with zero attached hydrogens (tertiary/aromatic N) is 1. The number of nitrogens with one attached hydrogen (secondary N) is 2. The molecule has 0 aliphatic rings. The third-order valence-electron chi connectivity index (χ3n) is 1.97. The van der Waals surface area contributed by atoms with Gasteiger partial charge < -0.3 is 15.4 Å². The van der Waals surface area contributed by atoms with E-state index in [1.807, 2.05) is 0 Å². The molecule has 6 nitrogen and oxygen atoms in total. The molecule has 82 valence electrons. The van der Waals surface area contributed by atoms with E-state index in [4.69, 9.17) is 5.11 Å². The molecule has 0 amide bonds. The number of aromatic nitrogens is 2. The highest BCUT2D eigenvalue weighted by atomic mass is 16.4. The second kappa shape index (κ2) is 4.12. The SMILES string of the molecule is CC(C)(CNc1cc(=O)[nH]cn1)C(=O)O. The topological polar surface area (TPSA) is 95.1 Å². The number of anilines is 1. The summed E-state index contributed by atoms with van der Waals surface area (Å²) in [5, 5.41) is 11.6. The average Bonchev–Trinajstić information content (AvgIpc) is 2.15. The molecule has 0 bridgehead atoms. The molecule has 0 spiro atoms. The third kappa shape index (κ3) is 3.08. The van der Waals surface area contributed by atoms with Gasteiger partial charge in [-0.15, -0.1) is 0 Å². The van der Waals surface area contributed by atoms with Crippen LogP contribution in [0.1, 0.15) is 13.8 Å². The fourth-order valence-electron chi connectivity index (χ4n) is 0.852. The van der Waals surface area contributed by atoms with E-state index in [1.165, 1.54) is 12.4 Å². The number of rotatable bonds is 4. The lowest BCUT2D eigenvalue weighted by atomic mass is 9.94. The van der Waals surface area contributed by atoms with Gasteiger partial charge in [0.25, 0.3) is 5.56 Å². The summed E-state index contributed by atoms with van der Waals surface area (Å²) < 4.78 is 0. The van der Waals surface area contributed by atoms with Crippen LogP contribution in [0.25, 0.3) is 0 Å². The Balaban J connectivity index is 2.65. The lowest BCUT2D eigenvalue weighted by Crippen LogP contribution is -2.32. The first kappa shape index (κ1) is 11.2.